The van der Waals surface area contributed by atoms with Crippen LogP contribution < -0.4 is 0 Å². The van der Waals surface area contributed by atoms with Gasteiger partial charge in [-0.25, -0.2) is 9.79 Å². The molecule has 0 aliphatic carbocycles. The van der Waals surface area contributed by atoms with Gasteiger partial charge in [-0.05, 0) is 5.92 Å². The molecule has 1 atom stereocenters. The molecule has 0 amide bonds. The molecule has 1 unspecified atom stereocenters. The quantitative estimate of drug-likeness (QED) is 0.583. The smallest absolute Gasteiger partial charge is 0.337 e. The molecule has 74 valence electrons. The van der Waals surface area contributed by atoms with Crippen molar-refractivity contribution in [3.63, 3.8) is 0 Å². The van der Waals surface area contributed by atoms with E-state index in [1.54, 1.807) is 0 Å². The molecule has 0 aromatic rings. The zero-order valence-electron chi connectivity index (χ0n) is 8.92. The van der Waals surface area contributed by atoms with Gasteiger partial charge in [-0.1, -0.05) is 34.6 Å². The van der Waals surface area contributed by atoms with Crippen molar-refractivity contribution in [2.45, 2.75) is 40.7 Å². The third-order valence-corrected chi connectivity index (χ3v) is 1.97. The maximum absolute atomic E-state index is 11.3. The summed E-state index contributed by atoms with van der Waals surface area (Å²) in [4.78, 5) is 15.6. The Labute approximate surface area is 79.2 Å². The van der Waals surface area contributed by atoms with Gasteiger partial charge in [0.15, 0.2) is 11.9 Å². The molecule has 1 aliphatic heterocycles. The van der Waals surface area contributed by atoms with Gasteiger partial charge in [-0.3, -0.25) is 0 Å². The Balaban J connectivity index is 2.84. The monoisotopic (exact) mass is 183 g/mol. The molecule has 3 nitrogen and oxygen atoms in total. The largest absolute Gasteiger partial charge is 0.410 e. The lowest BCUT2D eigenvalue weighted by Gasteiger charge is -2.15. The van der Waals surface area contributed by atoms with Crippen molar-refractivity contribution in [3.05, 3.63) is 0 Å². The van der Waals surface area contributed by atoms with E-state index in [1.807, 2.05) is 34.6 Å². The number of esters is 1. The molecule has 1 aliphatic rings. The second kappa shape index (κ2) is 3.13. The highest BCUT2D eigenvalue weighted by atomic mass is 16.6. The third-order valence-electron chi connectivity index (χ3n) is 1.97. The minimum absolute atomic E-state index is 0.167. The lowest BCUT2D eigenvalue weighted by molar-refractivity contribution is -0.136. The van der Waals surface area contributed by atoms with Crippen molar-refractivity contribution < 1.29 is 9.53 Å². The van der Waals surface area contributed by atoms with E-state index in [4.69, 9.17) is 4.74 Å². The van der Waals surface area contributed by atoms with Gasteiger partial charge in [-0.2, -0.15) is 0 Å². The summed E-state index contributed by atoms with van der Waals surface area (Å²) in [5, 5.41) is 0. The summed E-state index contributed by atoms with van der Waals surface area (Å²) in [5.74, 6) is 0.573. The van der Waals surface area contributed by atoms with E-state index in [-0.39, 0.29) is 23.3 Å². The molecule has 1 rings (SSSR count). The Kier molecular flexibility index (Phi) is 2.46. The number of hydrogen-bond acceptors (Lipinski definition) is 3. The normalized spacial score (nSPS) is 23.4. The number of rotatable bonds is 1. The number of cyclic esters (lactones) is 1. The average molecular weight is 183 g/mol. The predicted molar refractivity (Wildman–Crippen MR) is 51.6 cm³/mol. The highest BCUT2D eigenvalue weighted by Crippen LogP contribution is 2.25. The molecular formula is C10H17NO2. The van der Waals surface area contributed by atoms with E-state index in [0.717, 1.165) is 0 Å². The Morgan fingerprint density at radius 2 is 1.92 bits per heavy atom. The number of carbonyl (C=O) groups excluding carboxylic acids is 1. The summed E-state index contributed by atoms with van der Waals surface area (Å²) in [6.07, 6.45) is 0. The second-order valence-corrected chi connectivity index (χ2v) is 4.79. The lowest BCUT2D eigenvalue weighted by atomic mass is 9.97. The summed E-state index contributed by atoms with van der Waals surface area (Å²) in [7, 11) is 0. The first kappa shape index (κ1) is 10.2. The van der Waals surface area contributed by atoms with Crippen LogP contribution in [0.3, 0.4) is 0 Å². The van der Waals surface area contributed by atoms with Crippen LogP contribution in [0.15, 0.2) is 4.99 Å². The topological polar surface area (TPSA) is 38.7 Å². The Morgan fingerprint density at radius 1 is 1.38 bits per heavy atom. The van der Waals surface area contributed by atoms with Gasteiger partial charge in [-0.15, -0.1) is 0 Å². The zero-order chi connectivity index (χ0) is 10.2. The molecule has 0 radical (unpaired) electrons. The van der Waals surface area contributed by atoms with Crippen molar-refractivity contribution in [1.82, 2.24) is 0 Å². The average Bonchev–Trinajstić information content (AvgIpc) is 2.29. The van der Waals surface area contributed by atoms with Crippen LogP contribution in [0.2, 0.25) is 0 Å². The van der Waals surface area contributed by atoms with Crippen LogP contribution in [0.4, 0.5) is 0 Å². The van der Waals surface area contributed by atoms with E-state index < -0.39 is 0 Å². The fraction of sp³-hybridized carbons (Fsp3) is 0.800. The molecule has 1 heterocycles. The van der Waals surface area contributed by atoms with Crippen LogP contribution in [0, 0.1) is 11.3 Å². The first-order chi connectivity index (χ1) is 5.82. The van der Waals surface area contributed by atoms with Crippen molar-refractivity contribution in [2.75, 3.05) is 0 Å². The highest BCUT2D eigenvalue weighted by molar-refractivity contribution is 5.99. The van der Waals surface area contributed by atoms with Gasteiger partial charge in [0.05, 0.1) is 0 Å². The van der Waals surface area contributed by atoms with Gasteiger partial charge < -0.3 is 4.74 Å². The summed E-state index contributed by atoms with van der Waals surface area (Å²) >= 11 is 0. The van der Waals surface area contributed by atoms with Crippen LogP contribution >= 0.6 is 0 Å². The van der Waals surface area contributed by atoms with E-state index in [2.05, 4.69) is 4.99 Å². The molecule has 0 spiro atoms. The molecule has 0 saturated heterocycles. The minimum Gasteiger partial charge on any atom is -0.410 e. The Morgan fingerprint density at radius 3 is 2.15 bits per heavy atom. The van der Waals surface area contributed by atoms with E-state index in [0.29, 0.717) is 5.90 Å². The van der Waals surface area contributed by atoms with Gasteiger partial charge in [0.25, 0.3) is 0 Å². The van der Waals surface area contributed by atoms with E-state index >= 15 is 0 Å². The first-order valence-corrected chi connectivity index (χ1v) is 4.62. The van der Waals surface area contributed by atoms with Crippen molar-refractivity contribution in [2.24, 2.45) is 16.3 Å². The number of hydrogen-bond donors (Lipinski definition) is 0. The molecule has 3 heteroatoms. The lowest BCUT2D eigenvalue weighted by Crippen LogP contribution is -2.23. The van der Waals surface area contributed by atoms with Crippen LogP contribution in [0.5, 0.6) is 0 Å². The van der Waals surface area contributed by atoms with Gasteiger partial charge in [0.2, 0.25) is 0 Å². The van der Waals surface area contributed by atoms with E-state index in [9.17, 15) is 4.79 Å². The zero-order valence-corrected chi connectivity index (χ0v) is 8.92. The minimum atomic E-state index is -0.297. The molecule has 0 bridgehead atoms. The molecule has 0 N–H and O–H groups in total. The fourth-order valence-electron chi connectivity index (χ4n) is 1.13. The van der Waals surface area contributed by atoms with E-state index in [1.165, 1.54) is 0 Å². The molecule has 0 aromatic carbocycles. The first-order valence-electron chi connectivity index (χ1n) is 4.62. The van der Waals surface area contributed by atoms with Crippen LogP contribution in [0.25, 0.3) is 0 Å². The third kappa shape index (κ3) is 2.08. The van der Waals surface area contributed by atoms with Crippen LogP contribution in [-0.4, -0.2) is 17.9 Å². The summed E-state index contributed by atoms with van der Waals surface area (Å²) in [6, 6.07) is -0.297. The number of nitrogens with zero attached hydrogens (tertiary/aromatic N) is 1. The van der Waals surface area contributed by atoms with Crippen LogP contribution in [-0.2, 0) is 9.53 Å². The molecule has 13 heavy (non-hydrogen) atoms. The maximum atomic E-state index is 11.3. The van der Waals surface area contributed by atoms with Crippen molar-refractivity contribution in [3.8, 4) is 0 Å². The second-order valence-electron chi connectivity index (χ2n) is 4.79. The van der Waals surface area contributed by atoms with Crippen molar-refractivity contribution >= 4 is 11.9 Å². The van der Waals surface area contributed by atoms with Crippen molar-refractivity contribution in [1.29, 1.82) is 0 Å². The molecule has 0 fully saturated rings. The van der Waals surface area contributed by atoms with Gasteiger partial charge in [0.1, 0.15) is 0 Å². The fourth-order valence-corrected chi connectivity index (χ4v) is 1.13. The molecular weight excluding hydrogens is 166 g/mol. The number of carbonyl (C=O) groups is 1. The number of ether oxygens (including phenoxy) is 1. The summed E-state index contributed by atoms with van der Waals surface area (Å²) in [5.41, 5.74) is -0.167. The standard InChI is InChI=1S/C10H17NO2/c1-6(2)7-8(12)13-9(11-7)10(3,4)5/h6-7H,1-5H3. The summed E-state index contributed by atoms with van der Waals surface area (Å²) < 4.78 is 5.11. The highest BCUT2D eigenvalue weighted by Gasteiger charge is 2.36. The SMILES string of the molecule is CC(C)C1N=C(C(C)(C)C)OC1=O. The summed E-state index contributed by atoms with van der Waals surface area (Å²) in [6.45, 7) is 9.91. The van der Waals surface area contributed by atoms with Crippen LogP contribution in [0.1, 0.15) is 34.6 Å². The Hall–Kier alpha value is -0.860. The number of aliphatic imine (C=N–C) groups is 1. The predicted octanol–water partition coefficient (Wildman–Crippen LogP) is 2.01. The maximum Gasteiger partial charge on any atom is 0.337 e. The molecule has 0 aromatic heterocycles. The van der Waals surface area contributed by atoms with Gasteiger partial charge >= 0.3 is 5.97 Å². The Bertz CT molecular complexity index is 248. The van der Waals surface area contributed by atoms with Gasteiger partial charge in [0, 0.05) is 5.41 Å². The molecule has 0 saturated carbocycles.